The molecular formula is C17H17N3. The number of rotatable bonds is 4. The maximum Gasteiger partial charge on any atom is 0.0967 e. The van der Waals surface area contributed by atoms with E-state index in [0.29, 0.717) is 0 Å². The van der Waals surface area contributed by atoms with Crippen LogP contribution in [0.5, 0.6) is 0 Å². The van der Waals surface area contributed by atoms with E-state index in [1.165, 1.54) is 21.8 Å². The van der Waals surface area contributed by atoms with Crippen molar-refractivity contribution < 1.29 is 0 Å². The van der Waals surface area contributed by atoms with Gasteiger partial charge in [0.05, 0.1) is 12.1 Å². The molecule has 0 aliphatic heterocycles. The average Bonchev–Trinajstić information content (AvgIpc) is 2.83. The zero-order chi connectivity index (χ0) is 13.9. The maximum absolute atomic E-state index is 9.06. The third kappa shape index (κ3) is 2.04. The number of aromatic nitrogens is 1. The Morgan fingerprint density at radius 3 is 2.10 bits per heavy atom. The number of nitriles is 1. The molecule has 20 heavy (non-hydrogen) atoms. The standard InChI is InChI=1S/C17H17N3/c1-19-13(12-18)10-11-20-16-8-4-2-6-14(16)15-7-3-5-9-17(15)20/h2-9,13,19H,10-11H2,1H3. The Kier molecular flexibility index (Phi) is 3.41. The maximum atomic E-state index is 9.06. The van der Waals surface area contributed by atoms with Crippen molar-refractivity contribution in [1.82, 2.24) is 9.88 Å². The highest BCUT2D eigenvalue weighted by atomic mass is 15.0. The fourth-order valence-electron chi connectivity index (χ4n) is 2.78. The lowest BCUT2D eigenvalue weighted by Gasteiger charge is -2.10. The van der Waals surface area contributed by atoms with Crippen molar-refractivity contribution in [3.05, 3.63) is 48.5 Å². The summed E-state index contributed by atoms with van der Waals surface area (Å²) < 4.78 is 2.31. The fourth-order valence-corrected chi connectivity index (χ4v) is 2.78. The van der Waals surface area contributed by atoms with Gasteiger partial charge < -0.3 is 9.88 Å². The topological polar surface area (TPSA) is 40.8 Å². The van der Waals surface area contributed by atoms with Gasteiger partial charge in [-0.2, -0.15) is 5.26 Å². The number of nitrogens with one attached hydrogen (secondary N) is 1. The summed E-state index contributed by atoms with van der Waals surface area (Å²) in [4.78, 5) is 0. The molecule has 3 nitrogen and oxygen atoms in total. The predicted molar refractivity (Wildman–Crippen MR) is 82.5 cm³/mol. The highest BCUT2D eigenvalue weighted by Crippen LogP contribution is 2.28. The van der Waals surface area contributed by atoms with E-state index in [2.05, 4.69) is 64.5 Å². The van der Waals surface area contributed by atoms with Crippen LogP contribution in [0.3, 0.4) is 0 Å². The highest BCUT2D eigenvalue weighted by Gasteiger charge is 2.11. The average molecular weight is 263 g/mol. The molecular weight excluding hydrogens is 246 g/mol. The van der Waals surface area contributed by atoms with Gasteiger partial charge in [0.2, 0.25) is 0 Å². The Bertz CT molecular complexity index is 726. The largest absolute Gasteiger partial charge is 0.340 e. The lowest BCUT2D eigenvalue weighted by atomic mass is 10.2. The van der Waals surface area contributed by atoms with Crippen molar-refractivity contribution in [3.63, 3.8) is 0 Å². The van der Waals surface area contributed by atoms with Crippen molar-refractivity contribution >= 4 is 21.8 Å². The number of para-hydroxylation sites is 2. The number of benzene rings is 2. The minimum Gasteiger partial charge on any atom is -0.340 e. The molecule has 0 bridgehead atoms. The van der Waals surface area contributed by atoms with Crippen LogP contribution in [0.1, 0.15) is 6.42 Å². The summed E-state index contributed by atoms with van der Waals surface area (Å²) in [7, 11) is 1.83. The van der Waals surface area contributed by atoms with Gasteiger partial charge >= 0.3 is 0 Å². The van der Waals surface area contributed by atoms with E-state index >= 15 is 0 Å². The normalized spacial score (nSPS) is 12.6. The first kappa shape index (κ1) is 12.7. The van der Waals surface area contributed by atoms with Crippen molar-refractivity contribution in [3.8, 4) is 6.07 Å². The molecule has 2 aromatic carbocycles. The first-order valence-electron chi connectivity index (χ1n) is 6.88. The van der Waals surface area contributed by atoms with E-state index in [4.69, 9.17) is 5.26 Å². The van der Waals surface area contributed by atoms with Gasteiger partial charge in [0, 0.05) is 28.4 Å². The molecule has 0 aliphatic rings. The summed E-state index contributed by atoms with van der Waals surface area (Å²) in [6.45, 7) is 0.840. The van der Waals surface area contributed by atoms with Gasteiger partial charge in [-0.1, -0.05) is 36.4 Å². The monoisotopic (exact) mass is 263 g/mol. The minimum absolute atomic E-state index is 0.102. The summed E-state index contributed by atoms with van der Waals surface area (Å²) >= 11 is 0. The van der Waals surface area contributed by atoms with Crippen LogP contribution in [0.25, 0.3) is 21.8 Å². The van der Waals surface area contributed by atoms with Crippen LogP contribution in [0.2, 0.25) is 0 Å². The second kappa shape index (κ2) is 5.36. The Hall–Kier alpha value is -2.31. The third-order valence-corrected chi connectivity index (χ3v) is 3.83. The van der Waals surface area contributed by atoms with Crippen LogP contribution >= 0.6 is 0 Å². The van der Waals surface area contributed by atoms with Crippen molar-refractivity contribution in [1.29, 1.82) is 5.26 Å². The molecule has 1 atom stereocenters. The number of aryl methyl sites for hydroxylation is 1. The number of hydrogen-bond donors (Lipinski definition) is 1. The summed E-state index contributed by atoms with van der Waals surface area (Å²) in [6, 6.07) is 19.1. The van der Waals surface area contributed by atoms with E-state index in [0.717, 1.165) is 13.0 Å². The molecule has 0 aliphatic carbocycles. The second-order valence-corrected chi connectivity index (χ2v) is 4.94. The molecule has 0 amide bonds. The minimum atomic E-state index is -0.102. The smallest absolute Gasteiger partial charge is 0.0967 e. The van der Waals surface area contributed by atoms with Gasteiger partial charge in [0.25, 0.3) is 0 Å². The van der Waals surface area contributed by atoms with E-state index in [1.807, 2.05) is 7.05 Å². The Morgan fingerprint density at radius 1 is 1.05 bits per heavy atom. The van der Waals surface area contributed by atoms with Crippen LogP contribution in [0.4, 0.5) is 0 Å². The molecule has 0 saturated carbocycles. The van der Waals surface area contributed by atoms with Gasteiger partial charge in [-0.15, -0.1) is 0 Å². The first-order chi connectivity index (χ1) is 9.85. The molecule has 1 N–H and O–H groups in total. The third-order valence-electron chi connectivity index (χ3n) is 3.83. The second-order valence-electron chi connectivity index (χ2n) is 4.94. The zero-order valence-electron chi connectivity index (χ0n) is 11.5. The number of nitrogens with zero attached hydrogens (tertiary/aromatic N) is 2. The SMILES string of the molecule is CNC(C#N)CCn1c2ccccc2c2ccccc21. The Balaban J connectivity index is 2.10. The van der Waals surface area contributed by atoms with Gasteiger partial charge in [0.15, 0.2) is 0 Å². The summed E-state index contributed by atoms with van der Waals surface area (Å²) in [5, 5.41) is 14.7. The lowest BCUT2D eigenvalue weighted by molar-refractivity contribution is 0.568. The predicted octanol–water partition coefficient (Wildman–Crippen LogP) is 3.30. The molecule has 0 spiro atoms. The molecule has 1 heterocycles. The van der Waals surface area contributed by atoms with Crippen LogP contribution in [0.15, 0.2) is 48.5 Å². The molecule has 3 rings (SSSR count). The molecule has 0 fully saturated rings. The summed E-state index contributed by atoms with van der Waals surface area (Å²) in [6.07, 6.45) is 0.801. The molecule has 3 aromatic rings. The molecule has 0 saturated heterocycles. The van der Waals surface area contributed by atoms with Crippen LogP contribution in [-0.4, -0.2) is 17.7 Å². The molecule has 1 unspecified atom stereocenters. The van der Waals surface area contributed by atoms with E-state index in [1.54, 1.807) is 0 Å². The molecule has 100 valence electrons. The lowest BCUT2D eigenvalue weighted by Crippen LogP contribution is -2.24. The first-order valence-corrected chi connectivity index (χ1v) is 6.88. The van der Waals surface area contributed by atoms with E-state index in [9.17, 15) is 0 Å². The summed E-state index contributed by atoms with van der Waals surface area (Å²) in [5.41, 5.74) is 2.47. The molecule has 0 radical (unpaired) electrons. The van der Waals surface area contributed by atoms with Crippen LogP contribution < -0.4 is 5.32 Å². The van der Waals surface area contributed by atoms with Crippen LogP contribution in [0, 0.1) is 11.3 Å². The highest BCUT2D eigenvalue weighted by molar-refractivity contribution is 6.07. The van der Waals surface area contributed by atoms with Crippen molar-refractivity contribution in [2.45, 2.75) is 19.0 Å². The van der Waals surface area contributed by atoms with Gasteiger partial charge in [-0.25, -0.2) is 0 Å². The fraction of sp³-hybridized carbons (Fsp3) is 0.235. The molecule has 3 heteroatoms. The van der Waals surface area contributed by atoms with Crippen LogP contribution in [-0.2, 0) is 6.54 Å². The zero-order valence-corrected chi connectivity index (χ0v) is 11.5. The summed E-state index contributed by atoms with van der Waals surface area (Å²) in [5.74, 6) is 0. The van der Waals surface area contributed by atoms with Crippen molar-refractivity contribution in [2.75, 3.05) is 7.05 Å². The molecule has 1 aromatic heterocycles. The quantitative estimate of drug-likeness (QED) is 0.784. The van der Waals surface area contributed by atoms with Gasteiger partial charge in [-0.05, 0) is 25.6 Å². The van der Waals surface area contributed by atoms with E-state index < -0.39 is 0 Å². The number of hydrogen-bond acceptors (Lipinski definition) is 2. The van der Waals surface area contributed by atoms with E-state index in [-0.39, 0.29) is 6.04 Å². The van der Waals surface area contributed by atoms with Gasteiger partial charge in [-0.3, -0.25) is 0 Å². The Labute approximate surface area is 118 Å². The van der Waals surface area contributed by atoms with Gasteiger partial charge in [0.1, 0.15) is 0 Å². The van der Waals surface area contributed by atoms with Crippen molar-refractivity contribution in [2.24, 2.45) is 0 Å². The number of fused-ring (bicyclic) bond motifs is 3. The Morgan fingerprint density at radius 2 is 1.60 bits per heavy atom.